The summed E-state index contributed by atoms with van der Waals surface area (Å²) in [6.07, 6.45) is 3.93. The summed E-state index contributed by atoms with van der Waals surface area (Å²) in [5.74, 6) is 0. The van der Waals surface area contributed by atoms with Gasteiger partial charge in [0.15, 0.2) is 0 Å². The van der Waals surface area contributed by atoms with Crippen LogP contribution in [0.5, 0.6) is 0 Å². The lowest BCUT2D eigenvalue weighted by atomic mass is 10.1. The number of nitrogens with zero attached hydrogens (tertiary/aromatic N) is 4. The second-order valence-corrected chi connectivity index (χ2v) is 5.42. The molecule has 0 aromatic carbocycles. The van der Waals surface area contributed by atoms with Gasteiger partial charge in [-0.2, -0.15) is 0 Å². The van der Waals surface area contributed by atoms with Crippen molar-refractivity contribution < 1.29 is 17.5 Å². The minimum Gasteiger partial charge on any atom is -0.759 e. The van der Waals surface area contributed by atoms with Gasteiger partial charge in [0.25, 0.3) is 0 Å². The van der Waals surface area contributed by atoms with Crippen molar-refractivity contribution in [3.05, 3.63) is 9.95 Å². The first-order chi connectivity index (χ1) is 9.86. The lowest BCUT2D eigenvalue weighted by Crippen LogP contribution is -2.28. The summed E-state index contributed by atoms with van der Waals surface area (Å²) in [6, 6.07) is 0.410. The van der Waals surface area contributed by atoms with Crippen LogP contribution in [0.3, 0.4) is 0 Å². The van der Waals surface area contributed by atoms with Crippen molar-refractivity contribution in [3.8, 4) is 0 Å². The molecule has 2 saturated heterocycles. The standard InChI is InChI=1S/2C5H10N3.H2O4S/c2*6-8-5-1-3-7-4-2-5;1-5(2,3)4/h2*5,7H,1-4H2;(H2,1,2,3,4)/q2*+1;/p-2. The maximum Gasteiger partial charge on any atom is 0.316 e. The summed E-state index contributed by atoms with van der Waals surface area (Å²) in [6.45, 7) is 3.98. The zero-order valence-corrected chi connectivity index (χ0v) is 12.5. The van der Waals surface area contributed by atoms with E-state index in [0.717, 1.165) is 51.9 Å². The molecule has 0 saturated carbocycles. The van der Waals surface area contributed by atoms with E-state index >= 15 is 0 Å². The first-order valence-corrected chi connectivity index (χ1v) is 7.96. The third-order valence-corrected chi connectivity index (χ3v) is 2.94. The SMILES string of the molecule is N#[N+]C1CCNCC1.N#[N+]C1CCNCC1.O=S(=O)([O-])[O-]. The highest BCUT2D eigenvalue weighted by Gasteiger charge is 2.22. The summed E-state index contributed by atoms with van der Waals surface area (Å²) < 4.78 is 34.1. The first kappa shape index (κ1) is 19.6. The maximum absolute atomic E-state index is 8.52. The van der Waals surface area contributed by atoms with Crippen molar-refractivity contribution >= 4 is 10.4 Å². The molecule has 2 N–H and O–H groups in total. The Morgan fingerprint density at radius 1 is 0.810 bits per heavy atom. The fourth-order valence-corrected chi connectivity index (χ4v) is 1.84. The fourth-order valence-electron chi connectivity index (χ4n) is 1.84. The van der Waals surface area contributed by atoms with E-state index in [2.05, 4.69) is 20.6 Å². The van der Waals surface area contributed by atoms with Crippen molar-refractivity contribution in [2.75, 3.05) is 26.2 Å². The van der Waals surface area contributed by atoms with Crippen molar-refractivity contribution in [1.82, 2.24) is 10.6 Å². The molecule has 0 amide bonds. The number of rotatable bonds is 0. The molecule has 0 atom stereocenters. The summed E-state index contributed by atoms with van der Waals surface area (Å²) in [7, 11) is -5.17. The van der Waals surface area contributed by atoms with Crippen LogP contribution in [0.1, 0.15) is 25.7 Å². The Morgan fingerprint density at radius 3 is 1.19 bits per heavy atom. The summed E-state index contributed by atoms with van der Waals surface area (Å²) in [5, 5.41) is 22.9. The Balaban J connectivity index is 0.000000296. The highest BCUT2D eigenvalue weighted by atomic mass is 32.3. The second kappa shape index (κ2) is 11.3. The molecule has 0 aliphatic carbocycles. The van der Waals surface area contributed by atoms with Gasteiger partial charge >= 0.3 is 12.1 Å². The highest BCUT2D eigenvalue weighted by Crippen LogP contribution is 2.05. The number of nitrogens with one attached hydrogen (secondary N) is 2. The molecule has 0 unspecified atom stereocenters. The molecule has 2 aliphatic heterocycles. The van der Waals surface area contributed by atoms with Gasteiger partial charge in [-0.15, -0.1) is 0 Å². The molecule has 0 radical (unpaired) electrons. The average Bonchev–Trinajstić information content (AvgIpc) is 2.48. The van der Waals surface area contributed by atoms with Gasteiger partial charge in [-0.1, -0.05) is 0 Å². The van der Waals surface area contributed by atoms with Crippen LogP contribution in [-0.4, -0.2) is 55.8 Å². The van der Waals surface area contributed by atoms with Crippen LogP contribution in [0, 0.1) is 10.8 Å². The molecule has 2 fully saturated rings. The van der Waals surface area contributed by atoms with E-state index in [-0.39, 0.29) is 12.1 Å². The Hall–Kier alpha value is -1.37. The molecule has 2 heterocycles. The van der Waals surface area contributed by atoms with Crippen LogP contribution in [0.4, 0.5) is 0 Å². The number of hydrogen-bond acceptors (Lipinski definition) is 8. The van der Waals surface area contributed by atoms with Crippen molar-refractivity contribution in [1.29, 1.82) is 10.8 Å². The van der Waals surface area contributed by atoms with E-state index in [1.807, 2.05) is 0 Å². The third kappa shape index (κ3) is 14.8. The monoisotopic (exact) mass is 320 g/mol. The normalized spacial score (nSPS) is 19.8. The first-order valence-electron chi connectivity index (χ1n) is 6.63. The molecule has 2 rings (SSSR count). The molecule has 120 valence electrons. The van der Waals surface area contributed by atoms with Crippen LogP contribution in [0.25, 0.3) is 9.95 Å². The van der Waals surface area contributed by atoms with Gasteiger partial charge < -0.3 is 19.7 Å². The van der Waals surface area contributed by atoms with Crippen LogP contribution < -0.4 is 10.6 Å². The average molecular weight is 320 g/mol. The number of hydrogen-bond donors (Lipinski definition) is 2. The van der Waals surface area contributed by atoms with Crippen molar-refractivity contribution in [2.45, 2.75) is 37.8 Å². The van der Waals surface area contributed by atoms with Gasteiger partial charge in [-0.3, -0.25) is 8.42 Å². The topological polar surface area (TPSA) is 161 Å². The quantitative estimate of drug-likeness (QED) is 0.353. The van der Waals surface area contributed by atoms with Crippen LogP contribution in [0.15, 0.2) is 0 Å². The maximum atomic E-state index is 8.52. The molecular weight excluding hydrogens is 300 g/mol. The van der Waals surface area contributed by atoms with E-state index in [1.54, 1.807) is 0 Å². The van der Waals surface area contributed by atoms with Gasteiger partial charge in [-0.25, -0.2) is 0 Å². The largest absolute Gasteiger partial charge is 0.759 e. The Kier molecular flexibility index (Phi) is 10.6. The molecule has 0 aromatic rings. The summed E-state index contributed by atoms with van der Waals surface area (Å²) in [5.41, 5.74) is 0. The van der Waals surface area contributed by atoms with Gasteiger partial charge in [-0.05, 0) is 0 Å². The van der Waals surface area contributed by atoms with Crippen LogP contribution in [-0.2, 0) is 10.4 Å². The molecule has 11 heteroatoms. The van der Waals surface area contributed by atoms with Crippen LogP contribution >= 0.6 is 0 Å². The zero-order chi connectivity index (χ0) is 16.1. The number of diazo groups is 2. The molecular formula is C10H20N6O4S. The molecule has 10 nitrogen and oxygen atoms in total. The van der Waals surface area contributed by atoms with Crippen molar-refractivity contribution in [2.24, 2.45) is 0 Å². The van der Waals surface area contributed by atoms with E-state index in [4.69, 9.17) is 28.3 Å². The van der Waals surface area contributed by atoms with E-state index < -0.39 is 10.4 Å². The van der Waals surface area contributed by atoms with E-state index in [1.165, 1.54) is 0 Å². The molecule has 0 aromatic heterocycles. The molecule has 0 spiro atoms. The minimum absolute atomic E-state index is 0.205. The van der Waals surface area contributed by atoms with Crippen molar-refractivity contribution in [3.63, 3.8) is 0 Å². The summed E-state index contributed by atoms with van der Waals surface area (Å²) in [4.78, 5) is 6.42. The molecule has 2 aliphatic rings. The van der Waals surface area contributed by atoms with Gasteiger partial charge in [0, 0.05) is 62.3 Å². The lowest BCUT2D eigenvalue weighted by molar-refractivity contribution is 0.352. The fraction of sp³-hybridized carbons (Fsp3) is 1.00. The minimum atomic E-state index is -5.17. The smallest absolute Gasteiger partial charge is 0.316 e. The molecule has 21 heavy (non-hydrogen) atoms. The Labute approximate surface area is 124 Å². The zero-order valence-electron chi connectivity index (χ0n) is 11.6. The Morgan fingerprint density at radius 2 is 1.05 bits per heavy atom. The number of piperidine rings is 2. The van der Waals surface area contributed by atoms with Gasteiger partial charge in [0.1, 0.15) is 9.95 Å². The van der Waals surface area contributed by atoms with Gasteiger partial charge in [0.2, 0.25) is 10.8 Å². The summed E-state index contributed by atoms with van der Waals surface area (Å²) >= 11 is 0. The Bertz CT molecular complexity index is 409. The lowest BCUT2D eigenvalue weighted by Gasteiger charge is -2.07. The second-order valence-electron chi connectivity index (χ2n) is 4.60. The highest BCUT2D eigenvalue weighted by molar-refractivity contribution is 7.79. The van der Waals surface area contributed by atoms with Gasteiger partial charge in [0.05, 0.1) is 0 Å². The van der Waals surface area contributed by atoms with E-state index in [0.29, 0.717) is 0 Å². The third-order valence-electron chi connectivity index (χ3n) is 2.94. The van der Waals surface area contributed by atoms with E-state index in [9.17, 15) is 0 Å². The predicted octanol–water partition coefficient (Wildman–Crippen LogP) is -0.155. The van der Waals surface area contributed by atoms with Crippen LogP contribution in [0.2, 0.25) is 0 Å². The predicted molar refractivity (Wildman–Crippen MR) is 72.4 cm³/mol. The molecule has 0 bridgehead atoms.